The van der Waals surface area contributed by atoms with Crippen LogP contribution in [-0.4, -0.2) is 25.7 Å². The van der Waals surface area contributed by atoms with E-state index in [0.717, 1.165) is 12.1 Å². The lowest BCUT2D eigenvalue weighted by molar-refractivity contribution is -0.140. The largest absolute Gasteiger partial charge is 0.419 e. The maximum absolute atomic E-state index is 14.7. The van der Waals surface area contributed by atoms with E-state index < -0.39 is 51.3 Å². The van der Waals surface area contributed by atoms with Gasteiger partial charge in [0.1, 0.15) is 22.9 Å². The molecule has 0 aliphatic heterocycles. The lowest BCUT2D eigenvalue weighted by atomic mass is 9.83. The zero-order chi connectivity index (χ0) is 22.0. The van der Waals surface area contributed by atoms with Crippen molar-refractivity contribution in [1.29, 1.82) is 0 Å². The molecule has 160 valence electrons. The Morgan fingerprint density at radius 3 is 2.24 bits per heavy atom. The Morgan fingerprint density at radius 2 is 1.76 bits per heavy atom. The maximum atomic E-state index is 14.7. The number of benzene rings is 1. The van der Waals surface area contributed by atoms with Crippen LogP contribution in [0, 0.1) is 11.6 Å². The molecule has 0 spiro atoms. The van der Waals surface area contributed by atoms with E-state index in [2.05, 4.69) is 9.71 Å². The van der Waals surface area contributed by atoms with E-state index in [-0.39, 0.29) is 17.7 Å². The van der Waals surface area contributed by atoms with Gasteiger partial charge in [0.05, 0.1) is 21.3 Å². The Balaban J connectivity index is 2.77. The monoisotopic (exact) mass is 436 g/mol. The lowest BCUT2D eigenvalue weighted by Crippen LogP contribution is -2.50. The average molecular weight is 436 g/mol. The summed E-state index contributed by atoms with van der Waals surface area (Å²) in [5.74, 6) is -2.42. The van der Waals surface area contributed by atoms with E-state index in [1.54, 1.807) is 20.8 Å². The van der Waals surface area contributed by atoms with Gasteiger partial charge in [-0.15, -0.1) is 0 Å². The molecule has 0 amide bonds. The number of nitrogens with zero attached hydrogens (tertiary/aromatic N) is 1. The molecule has 0 radical (unpaired) electrons. The molecule has 0 saturated heterocycles. The highest BCUT2D eigenvalue weighted by atomic mass is 32.2. The summed E-state index contributed by atoms with van der Waals surface area (Å²) >= 11 is 0. The highest BCUT2D eigenvalue weighted by Gasteiger charge is 2.43. The number of alkyl halides is 3. The van der Waals surface area contributed by atoms with Crippen molar-refractivity contribution in [2.45, 2.75) is 43.7 Å². The molecule has 10 heteroatoms. The SMILES string of the molecule is CC(C)(C)S(=O)NC(CCO)(c1ccc(C(F)(F)F)c(F)c1)c1ncccc1F. The van der Waals surface area contributed by atoms with Crippen LogP contribution in [0.15, 0.2) is 36.5 Å². The molecule has 1 aromatic carbocycles. The lowest BCUT2D eigenvalue weighted by Gasteiger charge is -2.36. The molecule has 0 fully saturated rings. The van der Waals surface area contributed by atoms with Gasteiger partial charge in [-0.3, -0.25) is 4.98 Å². The molecular formula is C19H21F5N2O2S. The first-order valence-electron chi connectivity index (χ1n) is 8.61. The molecule has 1 aromatic heterocycles. The second-order valence-corrected chi connectivity index (χ2v) is 9.35. The third-order valence-corrected chi connectivity index (χ3v) is 5.89. The van der Waals surface area contributed by atoms with Crippen LogP contribution in [0.2, 0.25) is 0 Å². The van der Waals surface area contributed by atoms with Crippen molar-refractivity contribution in [2.24, 2.45) is 0 Å². The molecule has 0 aliphatic rings. The van der Waals surface area contributed by atoms with Gasteiger partial charge in [0.15, 0.2) is 0 Å². The number of rotatable bonds is 6. The van der Waals surface area contributed by atoms with E-state index in [0.29, 0.717) is 12.1 Å². The van der Waals surface area contributed by atoms with Gasteiger partial charge >= 0.3 is 6.18 Å². The third-order valence-electron chi connectivity index (χ3n) is 4.24. The highest BCUT2D eigenvalue weighted by molar-refractivity contribution is 7.84. The van der Waals surface area contributed by atoms with Gasteiger partial charge in [0.25, 0.3) is 0 Å². The number of hydrogen-bond donors (Lipinski definition) is 2. The molecule has 0 aliphatic carbocycles. The number of aliphatic hydroxyl groups is 1. The van der Waals surface area contributed by atoms with Gasteiger partial charge < -0.3 is 5.11 Å². The highest BCUT2D eigenvalue weighted by Crippen LogP contribution is 2.38. The van der Waals surface area contributed by atoms with Gasteiger partial charge in [-0.25, -0.2) is 17.7 Å². The smallest absolute Gasteiger partial charge is 0.396 e. The molecule has 0 saturated carbocycles. The minimum absolute atomic E-state index is 0.146. The number of pyridine rings is 1. The average Bonchev–Trinajstić information content (AvgIpc) is 2.59. The van der Waals surface area contributed by atoms with E-state index >= 15 is 0 Å². The summed E-state index contributed by atoms with van der Waals surface area (Å²) in [6.45, 7) is 4.32. The molecule has 2 atom stereocenters. The standard InChI is InChI=1S/C19H21F5N2O2S/c1-17(2,3)29(28)26-18(8-10-27,16-14(20)5-4-9-25-16)12-6-7-13(15(21)11-12)19(22,23)24/h4-7,9,11,26-27H,8,10H2,1-3H3. The summed E-state index contributed by atoms with van der Waals surface area (Å²) in [4.78, 5) is 3.95. The van der Waals surface area contributed by atoms with E-state index in [1.807, 2.05) is 0 Å². The molecule has 0 bridgehead atoms. The molecule has 2 aromatic rings. The summed E-state index contributed by atoms with van der Waals surface area (Å²) in [5, 5.41) is 9.62. The van der Waals surface area contributed by atoms with Crippen LogP contribution in [0.1, 0.15) is 44.0 Å². The zero-order valence-corrected chi connectivity index (χ0v) is 16.8. The van der Waals surface area contributed by atoms with Crippen molar-refractivity contribution in [3.05, 3.63) is 65.0 Å². The Bertz CT molecular complexity index is 899. The van der Waals surface area contributed by atoms with E-state index in [4.69, 9.17) is 0 Å². The van der Waals surface area contributed by atoms with Gasteiger partial charge in [-0.2, -0.15) is 13.2 Å². The molecular weight excluding hydrogens is 415 g/mol. The van der Waals surface area contributed by atoms with Crippen LogP contribution in [0.5, 0.6) is 0 Å². The zero-order valence-electron chi connectivity index (χ0n) is 16.0. The Hall–Kier alpha value is -1.91. The van der Waals surface area contributed by atoms with Crippen molar-refractivity contribution < 1.29 is 31.3 Å². The maximum Gasteiger partial charge on any atom is 0.419 e. The molecule has 29 heavy (non-hydrogen) atoms. The van der Waals surface area contributed by atoms with Gasteiger partial charge in [-0.1, -0.05) is 6.07 Å². The Morgan fingerprint density at radius 1 is 1.10 bits per heavy atom. The first-order chi connectivity index (χ1) is 13.3. The summed E-state index contributed by atoms with van der Waals surface area (Å²) in [6.07, 6.45) is -3.99. The Labute approximate surface area is 167 Å². The number of halogens is 5. The summed E-state index contributed by atoms with van der Waals surface area (Å²) in [6, 6.07) is 4.45. The number of hydrogen-bond acceptors (Lipinski definition) is 3. The fourth-order valence-corrected chi connectivity index (χ4v) is 3.69. The molecule has 4 nitrogen and oxygen atoms in total. The summed E-state index contributed by atoms with van der Waals surface area (Å²) in [5.41, 5.74) is -3.78. The van der Waals surface area contributed by atoms with E-state index in [1.165, 1.54) is 12.3 Å². The van der Waals surface area contributed by atoms with E-state index in [9.17, 15) is 31.3 Å². The number of aromatic nitrogens is 1. The van der Waals surface area contributed by atoms with Crippen LogP contribution >= 0.6 is 0 Å². The first-order valence-corrected chi connectivity index (χ1v) is 9.76. The second kappa shape index (κ2) is 8.45. The second-order valence-electron chi connectivity index (χ2n) is 7.39. The van der Waals surface area contributed by atoms with Crippen LogP contribution < -0.4 is 4.72 Å². The van der Waals surface area contributed by atoms with Crippen molar-refractivity contribution in [1.82, 2.24) is 9.71 Å². The van der Waals surface area contributed by atoms with Crippen molar-refractivity contribution >= 4 is 11.0 Å². The third kappa shape index (κ3) is 4.99. The normalized spacial score (nSPS) is 15.8. The fraction of sp³-hybridized carbons (Fsp3) is 0.421. The fourth-order valence-electron chi connectivity index (χ4n) is 2.75. The van der Waals surface area contributed by atoms with Gasteiger partial charge in [0.2, 0.25) is 0 Å². The van der Waals surface area contributed by atoms with Gasteiger partial charge in [-0.05, 0) is 57.0 Å². The van der Waals surface area contributed by atoms with Gasteiger partial charge in [0, 0.05) is 12.8 Å². The van der Waals surface area contributed by atoms with Crippen molar-refractivity contribution in [3.8, 4) is 0 Å². The minimum atomic E-state index is -4.92. The Kier molecular flexibility index (Phi) is 6.81. The number of nitrogens with one attached hydrogen (secondary N) is 1. The summed E-state index contributed by atoms with van der Waals surface area (Å²) in [7, 11) is -1.86. The predicted octanol–water partition coefficient (Wildman–Crippen LogP) is 4.06. The molecule has 2 N–H and O–H groups in total. The minimum Gasteiger partial charge on any atom is -0.396 e. The molecule has 2 unspecified atom stereocenters. The summed E-state index contributed by atoms with van der Waals surface area (Å²) < 4.78 is 82.5. The first kappa shape index (κ1) is 23.4. The quantitative estimate of drug-likeness (QED) is 0.672. The van der Waals surface area contributed by atoms with Crippen LogP contribution in [0.25, 0.3) is 0 Å². The molecule has 1 heterocycles. The van der Waals surface area contributed by atoms with Crippen LogP contribution in [-0.2, 0) is 22.7 Å². The van der Waals surface area contributed by atoms with Crippen molar-refractivity contribution in [3.63, 3.8) is 0 Å². The predicted molar refractivity (Wildman–Crippen MR) is 99.1 cm³/mol. The molecule has 2 rings (SSSR count). The van der Waals surface area contributed by atoms with Crippen LogP contribution in [0.4, 0.5) is 22.0 Å². The van der Waals surface area contributed by atoms with Crippen molar-refractivity contribution in [2.75, 3.05) is 6.61 Å². The topological polar surface area (TPSA) is 62.2 Å². The van der Waals surface area contributed by atoms with Crippen LogP contribution in [0.3, 0.4) is 0 Å². The number of aliphatic hydroxyl groups excluding tert-OH is 1.